The maximum atomic E-state index is 13.3. The standard InChI is InChI=1S/C29H25IN2O3S2/c1-4-34-25-15-20(16-26-28(33)32(29(36)37-26)31-18(2)12-13-19(31)3)14-24(30)27(25)35-17-22-10-7-9-21-8-5-6-11-23(21)22/h5-16H,4,17H2,1-3H3/b26-16+. The zero-order chi connectivity index (χ0) is 26.1. The van der Waals surface area contributed by atoms with Crippen molar-refractivity contribution in [2.45, 2.75) is 27.4 Å². The van der Waals surface area contributed by atoms with Crippen LogP contribution in [0.15, 0.2) is 71.6 Å². The van der Waals surface area contributed by atoms with Gasteiger partial charge in [0.1, 0.15) is 6.61 Å². The summed E-state index contributed by atoms with van der Waals surface area (Å²) < 4.78 is 15.6. The van der Waals surface area contributed by atoms with E-state index in [2.05, 4.69) is 46.9 Å². The zero-order valence-electron chi connectivity index (χ0n) is 20.7. The van der Waals surface area contributed by atoms with E-state index in [9.17, 15) is 4.79 Å². The van der Waals surface area contributed by atoms with E-state index in [-0.39, 0.29) is 5.91 Å². The lowest BCUT2D eigenvalue weighted by Crippen LogP contribution is -2.39. The topological polar surface area (TPSA) is 43.7 Å². The van der Waals surface area contributed by atoms with Crippen LogP contribution in [0.5, 0.6) is 11.5 Å². The summed E-state index contributed by atoms with van der Waals surface area (Å²) in [5.41, 5.74) is 3.87. The van der Waals surface area contributed by atoms with Crippen LogP contribution in [0.4, 0.5) is 0 Å². The minimum Gasteiger partial charge on any atom is -0.490 e. The average molecular weight is 641 g/mol. The van der Waals surface area contributed by atoms with Crippen molar-refractivity contribution in [3.8, 4) is 11.5 Å². The Morgan fingerprint density at radius 1 is 1.00 bits per heavy atom. The zero-order valence-corrected chi connectivity index (χ0v) is 24.4. The SMILES string of the molecule is CCOc1cc(/C=C2/SC(=S)N(n3c(C)ccc3C)C2=O)cc(I)c1OCc1cccc2ccccc12. The van der Waals surface area contributed by atoms with Crippen LogP contribution in [0.3, 0.4) is 0 Å². The van der Waals surface area contributed by atoms with Gasteiger partial charge in [-0.15, -0.1) is 0 Å². The molecule has 1 aliphatic rings. The summed E-state index contributed by atoms with van der Waals surface area (Å²) in [6.45, 7) is 6.79. The van der Waals surface area contributed by atoms with Gasteiger partial charge < -0.3 is 9.47 Å². The Morgan fingerprint density at radius 2 is 1.73 bits per heavy atom. The smallest absolute Gasteiger partial charge is 0.285 e. The number of thioether (sulfide) groups is 1. The molecule has 0 spiro atoms. The first-order chi connectivity index (χ1) is 17.9. The molecule has 0 bridgehead atoms. The molecule has 5 rings (SSSR count). The van der Waals surface area contributed by atoms with Crippen LogP contribution in [0.1, 0.15) is 29.4 Å². The van der Waals surface area contributed by atoms with Crippen molar-refractivity contribution in [1.82, 2.24) is 4.68 Å². The van der Waals surface area contributed by atoms with E-state index in [1.807, 2.05) is 74.0 Å². The van der Waals surface area contributed by atoms with Gasteiger partial charge in [-0.3, -0.25) is 9.47 Å². The van der Waals surface area contributed by atoms with Crippen LogP contribution in [-0.4, -0.2) is 21.5 Å². The van der Waals surface area contributed by atoms with Crippen LogP contribution < -0.4 is 14.5 Å². The van der Waals surface area contributed by atoms with Crippen molar-refractivity contribution in [2.75, 3.05) is 11.6 Å². The summed E-state index contributed by atoms with van der Waals surface area (Å²) in [6.07, 6.45) is 1.87. The Morgan fingerprint density at radius 3 is 2.49 bits per heavy atom. The molecule has 0 radical (unpaired) electrons. The van der Waals surface area contributed by atoms with Gasteiger partial charge in [-0.2, -0.15) is 5.01 Å². The molecule has 0 unspecified atom stereocenters. The van der Waals surface area contributed by atoms with Crippen molar-refractivity contribution in [3.63, 3.8) is 0 Å². The van der Waals surface area contributed by atoms with E-state index in [0.29, 0.717) is 33.9 Å². The highest BCUT2D eigenvalue weighted by Gasteiger charge is 2.34. The molecule has 3 aromatic carbocycles. The fourth-order valence-electron chi connectivity index (χ4n) is 4.40. The molecule has 1 fully saturated rings. The fraction of sp³-hybridized carbons (Fsp3) is 0.172. The third-order valence-corrected chi connectivity index (χ3v) is 8.17. The molecule has 0 atom stereocenters. The van der Waals surface area contributed by atoms with Gasteiger partial charge in [-0.05, 0) is 108 Å². The molecule has 2 heterocycles. The molecule has 0 aliphatic carbocycles. The number of hydrogen-bond acceptors (Lipinski definition) is 5. The monoisotopic (exact) mass is 640 g/mol. The average Bonchev–Trinajstić information content (AvgIpc) is 3.34. The number of benzene rings is 3. The highest BCUT2D eigenvalue weighted by atomic mass is 127. The lowest BCUT2D eigenvalue weighted by molar-refractivity contribution is -0.114. The van der Waals surface area contributed by atoms with E-state index in [1.165, 1.54) is 22.5 Å². The minimum absolute atomic E-state index is 0.137. The Bertz CT molecular complexity index is 1540. The number of nitrogens with zero attached hydrogens (tertiary/aromatic N) is 2. The molecule has 1 amide bonds. The van der Waals surface area contributed by atoms with Crippen LogP contribution in [-0.2, 0) is 11.4 Å². The van der Waals surface area contributed by atoms with Gasteiger partial charge in [0.2, 0.25) is 0 Å². The minimum atomic E-state index is -0.137. The van der Waals surface area contributed by atoms with E-state index in [1.54, 1.807) is 5.01 Å². The van der Waals surface area contributed by atoms with Crippen LogP contribution >= 0.6 is 46.6 Å². The lowest BCUT2D eigenvalue weighted by atomic mass is 10.1. The predicted molar refractivity (Wildman–Crippen MR) is 164 cm³/mol. The molecule has 1 saturated heterocycles. The van der Waals surface area contributed by atoms with E-state index >= 15 is 0 Å². The second-order valence-corrected chi connectivity index (χ2v) is 11.4. The molecule has 0 N–H and O–H groups in total. The van der Waals surface area contributed by atoms with Crippen molar-refractivity contribution in [3.05, 3.63) is 97.7 Å². The molecule has 1 aliphatic heterocycles. The van der Waals surface area contributed by atoms with Gasteiger partial charge in [0.15, 0.2) is 15.8 Å². The lowest BCUT2D eigenvalue weighted by Gasteiger charge is -2.20. The number of fused-ring (bicyclic) bond motifs is 1. The van der Waals surface area contributed by atoms with Crippen molar-refractivity contribution in [1.29, 1.82) is 0 Å². The molecular weight excluding hydrogens is 615 g/mol. The molecule has 0 saturated carbocycles. The number of carbonyl (C=O) groups excluding carboxylic acids is 1. The summed E-state index contributed by atoms with van der Waals surface area (Å²) in [6, 6.07) is 22.4. The van der Waals surface area contributed by atoms with Crippen molar-refractivity contribution < 1.29 is 14.3 Å². The third kappa shape index (κ3) is 5.15. The number of halogens is 1. The maximum Gasteiger partial charge on any atom is 0.285 e. The van der Waals surface area contributed by atoms with Crippen LogP contribution in [0, 0.1) is 17.4 Å². The van der Waals surface area contributed by atoms with Gasteiger partial charge in [-0.25, -0.2) is 0 Å². The summed E-state index contributed by atoms with van der Waals surface area (Å²) in [7, 11) is 0. The highest BCUT2D eigenvalue weighted by molar-refractivity contribution is 14.1. The summed E-state index contributed by atoms with van der Waals surface area (Å²) in [5, 5.41) is 3.91. The fourth-order valence-corrected chi connectivity index (χ4v) is 6.42. The summed E-state index contributed by atoms with van der Waals surface area (Å²) in [5.74, 6) is 1.20. The van der Waals surface area contributed by atoms with E-state index in [4.69, 9.17) is 21.7 Å². The van der Waals surface area contributed by atoms with E-state index < -0.39 is 0 Å². The Balaban J connectivity index is 1.43. The number of amides is 1. The maximum absolute atomic E-state index is 13.3. The number of rotatable bonds is 7. The van der Waals surface area contributed by atoms with Gasteiger partial charge >= 0.3 is 0 Å². The van der Waals surface area contributed by atoms with Crippen LogP contribution in [0.2, 0.25) is 0 Å². The van der Waals surface area contributed by atoms with Crippen molar-refractivity contribution >= 4 is 73.6 Å². The molecule has 4 aromatic rings. The first-order valence-corrected chi connectivity index (χ1v) is 14.2. The second-order valence-electron chi connectivity index (χ2n) is 8.61. The Kier molecular flexibility index (Phi) is 7.60. The third-order valence-electron chi connectivity index (χ3n) is 6.09. The van der Waals surface area contributed by atoms with Crippen LogP contribution in [0.25, 0.3) is 16.8 Å². The van der Waals surface area contributed by atoms with Crippen molar-refractivity contribution in [2.24, 2.45) is 0 Å². The molecule has 37 heavy (non-hydrogen) atoms. The summed E-state index contributed by atoms with van der Waals surface area (Å²) in [4.78, 5) is 13.9. The van der Waals surface area contributed by atoms with Gasteiger partial charge in [-0.1, -0.05) is 54.2 Å². The van der Waals surface area contributed by atoms with Gasteiger partial charge in [0.05, 0.1) is 15.1 Å². The normalized spacial score (nSPS) is 14.7. The molecule has 188 valence electrons. The number of ether oxygens (including phenoxy) is 2. The summed E-state index contributed by atoms with van der Waals surface area (Å²) >= 11 is 9.13. The largest absolute Gasteiger partial charge is 0.490 e. The highest BCUT2D eigenvalue weighted by Crippen LogP contribution is 2.38. The van der Waals surface area contributed by atoms with Gasteiger partial charge in [0, 0.05) is 11.4 Å². The molecule has 1 aromatic heterocycles. The Hall–Kier alpha value is -2.82. The second kappa shape index (κ2) is 10.9. The molecular formula is C29H25IN2O3S2. The number of aromatic nitrogens is 1. The number of hydrogen-bond donors (Lipinski definition) is 0. The number of aryl methyl sites for hydroxylation is 2. The Labute approximate surface area is 239 Å². The number of thiocarbonyl (C=S) groups is 1. The first kappa shape index (κ1) is 25.8. The molecule has 5 nitrogen and oxygen atoms in total. The quantitative estimate of drug-likeness (QED) is 0.120. The number of carbonyl (C=O) groups is 1. The predicted octanol–water partition coefficient (Wildman–Crippen LogP) is 7.38. The molecule has 8 heteroatoms. The first-order valence-electron chi connectivity index (χ1n) is 11.9. The van der Waals surface area contributed by atoms with Gasteiger partial charge in [0.25, 0.3) is 5.91 Å². The van der Waals surface area contributed by atoms with E-state index in [0.717, 1.165) is 26.1 Å².